The number of fused-ring (bicyclic) bond motifs is 1. The molecule has 0 unspecified atom stereocenters. The number of hydrogen-bond acceptors (Lipinski definition) is 4. The molecule has 0 saturated carbocycles. The lowest BCUT2D eigenvalue weighted by molar-refractivity contribution is -0.142. The van der Waals surface area contributed by atoms with Crippen molar-refractivity contribution in [1.82, 2.24) is 4.98 Å². The van der Waals surface area contributed by atoms with Crippen molar-refractivity contribution in [3.63, 3.8) is 0 Å². The molecule has 94 valence electrons. The molecule has 0 aliphatic carbocycles. The molecule has 0 spiro atoms. The summed E-state index contributed by atoms with van der Waals surface area (Å²) in [6.07, 6.45) is 0.469. The summed E-state index contributed by atoms with van der Waals surface area (Å²) in [4.78, 5) is 15.7. The summed E-state index contributed by atoms with van der Waals surface area (Å²) in [6, 6.07) is 9.26. The van der Waals surface area contributed by atoms with E-state index in [9.17, 15) is 4.79 Å². The maximum atomic E-state index is 11.3. The molecule has 0 amide bonds. The monoisotopic (exact) mass is 244 g/mol. The number of esters is 1. The molecule has 0 aliphatic rings. The minimum atomic E-state index is -0.620. The topological polar surface area (TPSA) is 65.2 Å². The van der Waals surface area contributed by atoms with Crippen molar-refractivity contribution in [2.75, 3.05) is 7.11 Å². The zero-order valence-corrected chi connectivity index (χ0v) is 10.5. The van der Waals surface area contributed by atoms with E-state index in [0.29, 0.717) is 6.42 Å². The number of carbonyl (C=O) groups excluding carboxylic acids is 1. The molecule has 0 fully saturated rings. The summed E-state index contributed by atoms with van der Waals surface area (Å²) < 4.78 is 4.61. The Kier molecular flexibility index (Phi) is 3.58. The van der Waals surface area contributed by atoms with Crippen molar-refractivity contribution in [2.24, 2.45) is 5.73 Å². The van der Waals surface area contributed by atoms with Gasteiger partial charge in [-0.15, -0.1) is 0 Å². The minimum absolute atomic E-state index is 0.392. The molecule has 4 nitrogen and oxygen atoms in total. The number of aromatic nitrogens is 1. The number of carbonyl (C=O) groups is 1. The molecule has 2 aromatic rings. The van der Waals surface area contributed by atoms with Crippen LogP contribution in [0, 0.1) is 6.92 Å². The number of hydrogen-bond donors (Lipinski definition) is 1. The SMILES string of the molecule is COC(=O)[C@@H](N)Cc1ccc2nc(C)ccc2c1. The Morgan fingerprint density at radius 1 is 1.39 bits per heavy atom. The van der Waals surface area contributed by atoms with Crippen LogP contribution in [0.5, 0.6) is 0 Å². The zero-order valence-electron chi connectivity index (χ0n) is 10.5. The van der Waals surface area contributed by atoms with E-state index in [1.807, 2.05) is 37.3 Å². The van der Waals surface area contributed by atoms with Gasteiger partial charge in [-0.25, -0.2) is 0 Å². The fourth-order valence-corrected chi connectivity index (χ4v) is 1.89. The molecule has 0 radical (unpaired) electrons. The third-order valence-corrected chi connectivity index (χ3v) is 2.85. The molecule has 18 heavy (non-hydrogen) atoms. The first-order valence-electron chi connectivity index (χ1n) is 5.80. The molecule has 0 bridgehead atoms. The second-order valence-electron chi connectivity index (χ2n) is 4.31. The summed E-state index contributed by atoms with van der Waals surface area (Å²) in [7, 11) is 1.34. The summed E-state index contributed by atoms with van der Waals surface area (Å²) in [5.41, 5.74) is 8.68. The maximum absolute atomic E-state index is 11.3. The molecule has 1 atom stereocenters. The van der Waals surface area contributed by atoms with Crippen LogP contribution < -0.4 is 5.73 Å². The molecule has 0 aliphatic heterocycles. The van der Waals surface area contributed by atoms with Gasteiger partial charge >= 0.3 is 5.97 Å². The van der Waals surface area contributed by atoms with Crippen LogP contribution in [-0.4, -0.2) is 24.1 Å². The highest BCUT2D eigenvalue weighted by Gasteiger charge is 2.14. The number of ether oxygens (including phenoxy) is 1. The third kappa shape index (κ3) is 2.65. The Hall–Kier alpha value is -1.94. The molecule has 1 aromatic heterocycles. The van der Waals surface area contributed by atoms with Gasteiger partial charge in [0.05, 0.1) is 12.6 Å². The van der Waals surface area contributed by atoms with Crippen molar-refractivity contribution in [1.29, 1.82) is 0 Å². The van der Waals surface area contributed by atoms with Crippen LogP contribution in [0.15, 0.2) is 30.3 Å². The van der Waals surface area contributed by atoms with E-state index in [0.717, 1.165) is 22.2 Å². The first-order chi connectivity index (χ1) is 8.60. The standard InChI is InChI=1S/C14H16N2O2/c1-9-3-5-11-7-10(4-6-13(11)16-9)8-12(15)14(17)18-2/h3-7,12H,8,15H2,1-2H3/t12-/m0/s1. The van der Waals surface area contributed by atoms with Crippen LogP contribution in [0.3, 0.4) is 0 Å². The van der Waals surface area contributed by atoms with Crippen LogP contribution in [0.25, 0.3) is 10.9 Å². The fraction of sp³-hybridized carbons (Fsp3) is 0.286. The highest BCUT2D eigenvalue weighted by molar-refractivity contribution is 5.80. The Bertz CT molecular complexity index is 581. The van der Waals surface area contributed by atoms with E-state index in [4.69, 9.17) is 5.73 Å². The first kappa shape index (κ1) is 12.5. The summed E-state index contributed by atoms with van der Waals surface area (Å²) in [5.74, 6) is -0.392. The average molecular weight is 244 g/mol. The average Bonchev–Trinajstić information content (AvgIpc) is 2.38. The van der Waals surface area contributed by atoms with Crippen molar-refractivity contribution < 1.29 is 9.53 Å². The van der Waals surface area contributed by atoms with Crippen molar-refractivity contribution in [3.05, 3.63) is 41.6 Å². The van der Waals surface area contributed by atoms with Gasteiger partial charge in [0.1, 0.15) is 6.04 Å². The molecule has 1 heterocycles. The zero-order chi connectivity index (χ0) is 13.1. The third-order valence-electron chi connectivity index (χ3n) is 2.85. The maximum Gasteiger partial charge on any atom is 0.322 e. The van der Waals surface area contributed by atoms with Crippen molar-refractivity contribution in [2.45, 2.75) is 19.4 Å². The van der Waals surface area contributed by atoms with Crippen molar-refractivity contribution in [3.8, 4) is 0 Å². The summed E-state index contributed by atoms with van der Waals surface area (Å²) >= 11 is 0. The number of pyridine rings is 1. The second kappa shape index (κ2) is 5.14. The molecular weight excluding hydrogens is 228 g/mol. The highest BCUT2D eigenvalue weighted by atomic mass is 16.5. The predicted molar refractivity (Wildman–Crippen MR) is 70.2 cm³/mol. The molecule has 2 rings (SSSR count). The van der Waals surface area contributed by atoms with Crippen LogP contribution in [-0.2, 0) is 16.0 Å². The van der Waals surface area contributed by atoms with Gasteiger partial charge in [0.15, 0.2) is 0 Å². The van der Waals surface area contributed by atoms with E-state index in [-0.39, 0.29) is 0 Å². The predicted octanol–water partition coefficient (Wildman–Crippen LogP) is 1.59. The van der Waals surface area contributed by atoms with Gasteiger partial charge in [0, 0.05) is 11.1 Å². The van der Waals surface area contributed by atoms with E-state index in [1.54, 1.807) is 0 Å². The smallest absolute Gasteiger partial charge is 0.322 e. The van der Waals surface area contributed by atoms with Crippen LogP contribution in [0.1, 0.15) is 11.3 Å². The summed E-state index contributed by atoms with van der Waals surface area (Å²) in [6.45, 7) is 1.96. The van der Waals surface area contributed by atoms with Gasteiger partial charge in [-0.2, -0.15) is 0 Å². The van der Waals surface area contributed by atoms with E-state index < -0.39 is 12.0 Å². The number of methoxy groups -OCH3 is 1. The highest BCUT2D eigenvalue weighted by Crippen LogP contribution is 2.15. The van der Waals surface area contributed by atoms with Gasteiger partial charge in [-0.05, 0) is 37.1 Å². The molecule has 2 N–H and O–H groups in total. The lowest BCUT2D eigenvalue weighted by Gasteiger charge is -2.09. The van der Waals surface area contributed by atoms with Crippen LogP contribution >= 0.6 is 0 Å². The number of nitrogens with zero attached hydrogens (tertiary/aromatic N) is 1. The lowest BCUT2D eigenvalue weighted by atomic mass is 10.0. The molecular formula is C14H16N2O2. The Labute approximate surface area is 106 Å². The van der Waals surface area contributed by atoms with Gasteiger partial charge in [0.25, 0.3) is 0 Å². The fourth-order valence-electron chi connectivity index (χ4n) is 1.89. The Morgan fingerprint density at radius 3 is 2.89 bits per heavy atom. The minimum Gasteiger partial charge on any atom is -0.468 e. The Balaban J connectivity index is 2.25. The van der Waals surface area contributed by atoms with Gasteiger partial charge in [-0.1, -0.05) is 12.1 Å². The lowest BCUT2D eigenvalue weighted by Crippen LogP contribution is -2.33. The van der Waals surface area contributed by atoms with Crippen molar-refractivity contribution >= 4 is 16.9 Å². The normalized spacial score (nSPS) is 12.4. The van der Waals surface area contributed by atoms with Gasteiger partial charge in [0.2, 0.25) is 0 Å². The van der Waals surface area contributed by atoms with E-state index in [2.05, 4.69) is 9.72 Å². The summed E-state index contributed by atoms with van der Waals surface area (Å²) in [5, 5.41) is 1.05. The molecule has 1 aromatic carbocycles. The molecule has 4 heteroatoms. The van der Waals surface area contributed by atoms with Crippen LogP contribution in [0.2, 0.25) is 0 Å². The van der Waals surface area contributed by atoms with E-state index >= 15 is 0 Å². The number of benzene rings is 1. The Morgan fingerprint density at radius 2 is 2.17 bits per heavy atom. The first-order valence-corrected chi connectivity index (χ1v) is 5.80. The van der Waals surface area contributed by atoms with Crippen LogP contribution in [0.4, 0.5) is 0 Å². The number of rotatable bonds is 3. The van der Waals surface area contributed by atoms with E-state index in [1.165, 1.54) is 7.11 Å². The van der Waals surface area contributed by atoms with Gasteiger partial charge in [-0.3, -0.25) is 9.78 Å². The molecule has 0 saturated heterocycles. The number of aryl methyl sites for hydroxylation is 1. The largest absolute Gasteiger partial charge is 0.468 e. The van der Waals surface area contributed by atoms with Gasteiger partial charge < -0.3 is 10.5 Å². The quantitative estimate of drug-likeness (QED) is 0.833. The number of nitrogens with two attached hydrogens (primary N) is 1. The second-order valence-corrected chi connectivity index (χ2v) is 4.31.